The smallest absolute Gasteiger partial charge is 0.419 e. The Hall–Kier alpha value is -4.15. The van der Waals surface area contributed by atoms with Crippen molar-refractivity contribution in [3.8, 4) is 0 Å². The number of carbonyl (C=O) groups excluding carboxylic acids is 4. The summed E-state index contributed by atoms with van der Waals surface area (Å²) in [5, 5.41) is 2.44. The maximum absolute atomic E-state index is 12.8. The Labute approximate surface area is 202 Å². The quantitative estimate of drug-likeness (QED) is 0.464. The molecule has 1 aliphatic rings. The molecule has 11 heteroatoms. The zero-order valence-electron chi connectivity index (χ0n) is 19.8. The molecule has 11 nitrogen and oxygen atoms in total. The van der Waals surface area contributed by atoms with E-state index in [0.29, 0.717) is 11.3 Å². The summed E-state index contributed by atoms with van der Waals surface area (Å²) in [7, 11) is 0. The summed E-state index contributed by atoms with van der Waals surface area (Å²) in [4.78, 5) is 53.1. The van der Waals surface area contributed by atoms with E-state index >= 15 is 0 Å². The number of esters is 2. The molecule has 3 rings (SSSR count). The minimum Gasteiger partial charge on any atom is -0.444 e. The summed E-state index contributed by atoms with van der Waals surface area (Å²) in [6.07, 6.45) is 1.13. The molecule has 1 N–H and O–H groups in total. The molecule has 0 saturated carbocycles. The summed E-state index contributed by atoms with van der Waals surface area (Å²) < 4.78 is 21.7. The number of alkyl carbamates (subject to hydrolysis) is 1. The number of rotatable bonds is 7. The summed E-state index contributed by atoms with van der Waals surface area (Å²) >= 11 is 0. The Bertz CT molecular complexity index is 1120. The van der Waals surface area contributed by atoms with E-state index in [9.17, 15) is 19.2 Å². The van der Waals surface area contributed by atoms with Crippen LogP contribution in [0, 0.1) is 0 Å². The highest BCUT2D eigenvalue weighted by molar-refractivity contribution is 5.90. The first kappa shape index (κ1) is 25.5. The predicted molar refractivity (Wildman–Crippen MR) is 121 cm³/mol. The van der Waals surface area contributed by atoms with Gasteiger partial charge >= 0.3 is 24.1 Å². The molecular weight excluding hydrogens is 458 g/mol. The first-order valence-electron chi connectivity index (χ1n) is 10.8. The van der Waals surface area contributed by atoms with Crippen molar-refractivity contribution < 1.29 is 38.1 Å². The molecule has 0 saturated heterocycles. The Balaban J connectivity index is 1.66. The summed E-state index contributed by atoms with van der Waals surface area (Å²) in [6, 6.07) is 7.93. The molecule has 1 amide bonds. The predicted octanol–water partition coefficient (Wildman–Crippen LogP) is 2.88. The molecule has 1 aliphatic heterocycles. The average Bonchev–Trinajstić information content (AvgIpc) is 3.37. The number of cyclic esters (lactones) is 1. The highest BCUT2D eigenvalue weighted by Crippen LogP contribution is 2.16. The zero-order chi connectivity index (χ0) is 25.6. The molecule has 0 spiro atoms. The molecule has 1 aromatic heterocycles. The van der Waals surface area contributed by atoms with Crippen LogP contribution in [0.5, 0.6) is 0 Å². The molecule has 2 aromatic rings. The van der Waals surface area contributed by atoms with Crippen molar-refractivity contribution in [1.82, 2.24) is 14.9 Å². The van der Waals surface area contributed by atoms with Crippen LogP contribution in [0.1, 0.15) is 39.0 Å². The van der Waals surface area contributed by atoms with Crippen molar-refractivity contribution >= 4 is 24.1 Å². The van der Waals surface area contributed by atoms with Gasteiger partial charge in [0.15, 0.2) is 0 Å². The van der Waals surface area contributed by atoms with Crippen LogP contribution < -0.4 is 5.32 Å². The van der Waals surface area contributed by atoms with E-state index < -0.39 is 42.1 Å². The molecule has 1 unspecified atom stereocenters. The fourth-order valence-electron chi connectivity index (χ4n) is 2.97. The van der Waals surface area contributed by atoms with Crippen molar-refractivity contribution in [2.24, 2.45) is 0 Å². The minimum absolute atomic E-state index is 0.0788. The van der Waals surface area contributed by atoms with Crippen molar-refractivity contribution in [1.29, 1.82) is 0 Å². The number of benzene rings is 1. The highest BCUT2D eigenvalue weighted by atomic mass is 16.7. The van der Waals surface area contributed by atoms with E-state index in [2.05, 4.69) is 10.3 Å². The Morgan fingerprint density at radius 3 is 2.54 bits per heavy atom. The number of hydrogen-bond acceptors (Lipinski definition) is 9. The molecular formula is C24H27N3O8. The number of nitrogens with zero attached hydrogens (tertiary/aromatic N) is 2. The second-order valence-corrected chi connectivity index (χ2v) is 8.78. The fourth-order valence-corrected chi connectivity index (χ4v) is 2.97. The van der Waals surface area contributed by atoms with Gasteiger partial charge in [-0.25, -0.2) is 28.7 Å². The largest absolute Gasteiger partial charge is 0.444 e. The van der Waals surface area contributed by atoms with Crippen LogP contribution in [-0.4, -0.2) is 51.6 Å². The lowest BCUT2D eigenvalue weighted by Gasteiger charge is -2.23. The first-order valence-corrected chi connectivity index (χ1v) is 10.8. The third kappa shape index (κ3) is 7.70. The molecule has 35 heavy (non-hydrogen) atoms. The molecule has 0 bridgehead atoms. The molecule has 0 fully saturated rings. The number of carbonyl (C=O) groups is 4. The second-order valence-electron chi connectivity index (χ2n) is 8.78. The van der Waals surface area contributed by atoms with Crippen molar-refractivity contribution in [3.63, 3.8) is 0 Å². The number of imidazole rings is 1. The summed E-state index contributed by atoms with van der Waals surface area (Å²) in [5.74, 6) is -1.48. The maximum Gasteiger partial charge on any atom is 0.419 e. The van der Waals surface area contributed by atoms with E-state index in [-0.39, 0.29) is 13.0 Å². The third-order valence-corrected chi connectivity index (χ3v) is 4.60. The number of ether oxygens (including phenoxy) is 4. The molecule has 186 valence electrons. The zero-order valence-corrected chi connectivity index (χ0v) is 19.8. The van der Waals surface area contributed by atoms with Crippen molar-refractivity contribution in [3.05, 3.63) is 65.8 Å². The Morgan fingerprint density at radius 2 is 1.91 bits per heavy atom. The van der Waals surface area contributed by atoms with Gasteiger partial charge in [-0.2, -0.15) is 0 Å². The number of amides is 1. The van der Waals surface area contributed by atoms with Crippen LogP contribution in [-0.2, 0) is 41.6 Å². The number of hydrogen-bond donors (Lipinski definition) is 1. The van der Waals surface area contributed by atoms with Gasteiger partial charge in [0.25, 0.3) is 6.29 Å². The number of aromatic nitrogens is 2. The lowest BCUT2D eigenvalue weighted by molar-refractivity contribution is -0.174. The van der Waals surface area contributed by atoms with Gasteiger partial charge in [-0.05, 0) is 33.3 Å². The van der Waals surface area contributed by atoms with Crippen LogP contribution in [0.4, 0.5) is 9.59 Å². The van der Waals surface area contributed by atoms with E-state index in [0.717, 1.165) is 10.1 Å². The van der Waals surface area contributed by atoms with Gasteiger partial charge in [0.1, 0.15) is 24.6 Å². The summed E-state index contributed by atoms with van der Waals surface area (Å²) in [6.45, 7) is 6.63. The van der Waals surface area contributed by atoms with Gasteiger partial charge in [-0.1, -0.05) is 30.3 Å². The van der Waals surface area contributed by atoms with Crippen molar-refractivity contribution in [2.75, 3.05) is 0 Å². The average molecular weight is 485 g/mol. The van der Waals surface area contributed by atoms with Crippen molar-refractivity contribution in [2.45, 2.75) is 58.7 Å². The monoisotopic (exact) mass is 485 g/mol. The first-order chi connectivity index (χ1) is 16.5. The fraction of sp³-hybridized carbons (Fsp3) is 0.375. The molecule has 2 atom stereocenters. The van der Waals surface area contributed by atoms with Crippen LogP contribution >= 0.6 is 0 Å². The van der Waals surface area contributed by atoms with Gasteiger partial charge in [-0.3, -0.25) is 0 Å². The second kappa shape index (κ2) is 10.9. The van der Waals surface area contributed by atoms with Gasteiger partial charge in [0.2, 0.25) is 0 Å². The Morgan fingerprint density at radius 1 is 1.20 bits per heavy atom. The van der Waals surface area contributed by atoms with Crippen LogP contribution in [0.15, 0.2) is 54.5 Å². The van der Waals surface area contributed by atoms with Crippen LogP contribution in [0.25, 0.3) is 0 Å². The lowest BCUT2D eigenvalue weighted by atomic mass is 10.1. The Kier molecular flexibility index (Phi) is 7.90. The van der Waals surface area contributed by atoms with E-state index in [1.54, 1.807) is 20.8 Å². The van der Waals surface area contributed by atoms with E-state index in [1.807, 2.05) is 30.3 Å². The topological polar surface area (TPSA) is 135 Å². The standard InChI is InChI=1S/C24H27N3O8/c1-15-10-19(33-20(15)28)34-21(29)18(26-22(30)35-24(2,3)4)11-17-12-27(14-25-17)23(31)32-13-16-8-6-5-7-9-16/h5-10,12,14,18-19H,11,13H2,1-4H3,(H,26,30)/t18-,19?/m0/s1. The van der Waals surface area contributed by atoms with Crippen LogP contribution in [0.2, 0.25) is 0 Å². The van der Waals surface area contributed by atoms with E-state index in [1.165, 1.54) is 25.5 Å². The summed E-state index contributed by atoms with van der Waals surface area (Å²) in [5.41, 5.74) is 0.619. The molecule has 1 aromatic carbocycles. The van der Waals surface area contributed by atoms with Crippen LogP contribution in [0.3, 0.4) is 0 Å². The molecule has 2 heterocycles. The normalized spacial score (nSPS) is 16.1. The maximum atomic E-state index is 12.8. The third-order valence-electron chi connectivity index (χ3n) is 4.60. The highest BCUT2D eigenvalue weighted by Gasteiger charge is 2.31. The van der Waals surface area contributed by atoms with Gasteiger partial charge in [0, 0.05) is 24.3 Å². The molecule has 0 radical (unpaired) electrons. The molecule has 0 aliphatic carbocycles. The number of nitrogens with one attached hydrogen (secondary N) is 1. The van der Waals surface area contributed by atoms with Gasteiger partial charge in [0.05, 0.1) is 5.69 Å². The van der Waals surface area contributed by atoms with Gasteiger partial charge in [-0.15, -0.1) is 0 Å². The minimum atomic E-state index is -1.23. The SMILES string of the molecule is CC1=CC(OC(=O)[C@H](Cc2cn(C(=O)OCc3ccccc3)cn2)NC(=O)OC(C)(C)C)OC1=O. The van der Waals surface area contributed by atoms with Gasteiger partial charge < -0.3 is 24.3 Å². The lowest BCUT2D eigenvalue weighted by Crippen LogP contribution is -2.46. The van der Waals surface area contributed by atoms with E-state index in [4.69, 9.17) is 18.9 Å².